The number of Topliss-reactive ketones (excluding diaryl/α,β-unsaturated/α-hetero) is 1. The lowest BCUT2D eigenvalue weighted by molar-refractivity contribution is -0.140. The first-order chi connectivity index (χ1) is 18.3. The van der Waals surface area contributed by atoms with Crippen molar-refractivity contribution in [1.82, 2.24) is 9.88 Å². The molecule has 1 fully saturated rings. The van der Waals surface area contributed by atoms with E-state index in [0.717, 1.165) is 0 Å². The summed E-state index contributed by atoms with van der Waals surface area (Å²) in [5.41, 5.74) is 1.56. The number of hydrogen-bond donors (Lipinski definition) is 1. The topological polar surface area (TPSA) is 115 Å². The molecule has 38 heavy (non-hydrogen) atoms. The molecule has 3 aromatic rings. The molecule has 9 nitrogen and oxygen atoms in total. The summed E-state index contributed by atoms with van der Waals surface area (Å²) in [5, 5.41) is 11.7. The Labute approximate surface area is 224 Å². The van der Waals surface area contributed by atoms with E-state index in [-0.39, 0.29) is 40.8 Å². The number of likely N-dealkylation sites (tertiary alicyclic amines) is 1. The highest BCUT2D eigenvalue weighted by Crippen LogP contribution is 2.43. The van der Waals surface area contributed by atoms with Gasteiger partial charge in [-0.2, -0.15) is 0 Å². The van der Waals surface area contributed by atoms with Crippen LogP contribution in [0.3, 0.4) is 0 Å². The zero-order valence-electron chi connectivity index (χ0n) is 20.9. The van der Waals surface area contributed by atoms with Crippen LogP contribution in [0.4, 0.5) is 0 Å². The summed E-state index contributed by atoms with van der Waals surface area (Å²) in [4.78, 5) is 44.1. The van der Waals surface area contributed by atoms with Gasteiger partial charge in [0.1, 0.15) is 17.3 Å². The number of ketones is 1. The molecule has 1 aliphatic rings. The van der Waals surface area contributed by atoms with Gasteiger partial charge in [-0.15, -0.1) is 0 Å². The number of pyridine rings is 1. The Morgan fingerprint density at radius 3 is 2.39 bits per heavy atom. The fourth-order valence-electron chi connectivity index (χ4n) is 4.28. The van der Waals surface area contributed by atoms with Crippen LogP contribution in [0, 0.1) is 0 Å². The lowest BCUT2D eigenvalue weighted by atomic mass is 9.95. The molecule has 0 radical (unpaired) electrons. The van der Waals surface area contributed by atoms with E-state index in [1.54, 1.807) is 49.5 Å². The number of carbonyl (C=O) groups excluding carboxylic acids is 3. The molecule has 2 heterocycles. The minimum atomic E-state index is -0.945. The Kier molecular flexibility index (Phi) is 7.97. The van der Waals surface area contributed by atoms with Gasteiger partial charge in [0.05, 0.1) is 48.6 Å². The van der Waals surface area contributed by atoms with Crippen molar-refractivity contribution in [3.05, 3.63) is 93.8 Å². The van der Waals surface area contributed by atoms with Crippen LogP contribution in [0.15, 0.2) is 66.5 Å². The van der Waals surface area contributed by atoms with Crippen LogP contribution < -0.4 is 9.47 Å². The van der Waals surface area contributed by atoms with Crippen molar-refractivity contribution < 1.29 is 33.7 Å². The second kappa shape index (κ2) is 11.4. The summed E-state index contributed by atoms with van der Waals surface area (Å²) < 4.78 is 15.7. The Balaban J connectivity index is 1.81. The van der Waals surface area contributed by atoms with E-state index >= 15 is 0 Å². The van der Waals surface area contributed by atoms with Crippen molar-refractivity contribution >= 4 is 35.0 Å². The molecule has 10 heteroatoms. The fraction of sp³-hybridized carbons (Fsp3) is 0.214. The molecule has 0 bridgehead atoms. The number of benzene rings is 2. The van der Waals surface area contributed by atoms with E-state index < -0.39 is 29.5 Å². The van der Waals surface area contributed by atoms with Crippen molar-refractivity contribution in [3.63, 3.8) is 0 Å². The van der Waals surface area contributed by atoms with Crippen LogP contribution in [0.5, 0.6) is 11.5 Å². The number of ether oxygens (including phenoxy) is 3. The number of halogens is 1. The highest BCUT2D eigenvalue weighted by atomic mass is 35.5. The Hall–Kier alpha value is -4.37. The monoisotopic (exact) mass is 536 g/mol. The largest absolute Gasteiger partial charge is 0.507 e. The maximum atomic E-state index is 13.4. The number of aliphatic hydroxyl groups is 1. The average Bonchev–Trinajstić information content (AvgIpc) is 3.18. The van der Waals surface area contributed by atoms with Crippen LogP contribution in [0.25, 0.3) is 5.76 Å². The minimum Gasteiger partial charge on any atom is -0.507 e. The second-order valence-corrected chi connectivity index (χ2v) is 8.72. The lowest BCUT2D eigenvalue weighted by Gasteiger charge is -2.25. The highest BCUT2D eigenvalue weighted by Gasteiger charge is 2.46. The number of esters is 1. The molecule has 1 atom stereocenters. The van der Waals surface area contributed by atoms with Gasteiger partial charge in [-0.05, 0) is 42.3 Å². The van der Waals surface area contributed by atoms with Crippen molar-refractivity contribution in [2.45, 2.75) is 19.5 Å². The molecule has 1 unspecified atom stereocenters. The molecular formula is C28H25ClN2O7. The van der Waals surface area contributed by atoms with Crippen molar-refractivity contribution in [2.24, 2.45) is 0 Å². The summed E-state index contributed by atoms with van der Waals surface area (Å²) in [6, 6.07) is 11.9. The average molecular weight is 537 g/mol. The number of rotatable bonds is 8. The SMILES string of the molecule is CCOC(=O)c1ccc(CN2C(=O)C(=O)/C(=C(/O)c3cc(OC)c(Cl)cc3OC)C2c2cccnc2)cc1. The smallest absolute Gasteiger partial charge is 0.338 e. The van der Waals surface area contributed by atoms with E-state index in [9.17, 15) is 19.5 Å². The van der Waals surface area contributed by atoms with E-state index in [1.807, 2.05) is 0 Å². The van der Waals surface area contributed by atoms with Crippen LogP contribution in [-0.4, -0.2) is 53.5 Å². The molecule has 2 aromatic carbocycles. The zero-order valence-corrected chi connectivity index (χ0v) is 21.7. The van der Waals surface area contributed by atoms with Gasteiger partial charge in [0, 0.05) is 25.0 Å². The van der Waals surface area contributed by atoms with Crippen molar-refractivity contribution in [1.29, 1.82) is 0 Å². The molecule has 0 saturated carbocycles. The molecule has 4 rings (SSSR count). The molecule has 0 spiro atoms. The van der Waals surface area contributed by atoms with E-state index in [2.05, 4.69) is 4.98 Å². The van der Waals surface area contributed by atoms with Crippen LogP contribution in [0.1, 0.15) is 40.0 Å². The Morgan fingerprint density at radius 2 is 1.79 bits per heavy atom. The number of nitrogens with zero attached hydrogens (tertiary/aromatic N) is 2. The van der Waals surface area contributed by atoms with Crippen molar-refractivity contribution in [3.8, 4) is 11.5 Å². The summed E-state index contributed by atoms with van der Waals surface area (Å²) in [5.74, 6) is -2.11. The van der Waals surface area contributed by atoms with Gasteiger partial charge in [0.2, 0.25) is 0 Å². The molecule has 1 N–H and O–H groups in total. The number of carbonyl (C=O) groups is 3. The number of aromatic nitrogens is 1. The summed E-state index contributed by atoms with van der Waals surface area (Å²) in [6.07, 6.45) is 3.09. The third kappa shape index (κ3) is 5.05. The van der Waals surface area contributed by atoms with Crippen LogP contribution in [-0.2, 0) is 20.9 Å². The highest BCUT2D eigenvalue weighted by molar-refractivity contribution is 6.46. The molecule has 196 valence electrons. The first-order valence-electron chi connectivity index (χ1n) is 11.7. The first-order valence-corrected chi connectivity index (χ1v) is 12.0. The molecule has 1 amide bonds. The number of amides is 1. The summed E-state index contributed by atoms with van der Waals surface area (Å²) in [6.45, 7) is 2.00. The molecule has 1 saturated heterocycles. The lowest BCUT2D eigenvalue weighted by Crippen LogP contribution is -2.29. The van der Waals surface area contributed by atoms with Gasteiger partial charge in [0.15, 0.2) is 0 Å². The number of hydrogen-bond acceptors (Lipinski definition) is 8. The zero-order chi connectivity index (χ0) is 27.4. The van der Waals surface area contributed by atoms with Gasteiger partial charge in [-0.25, -0.2) is 4.79 Å². The predicted molar refractivity (Wildman–Crippen MR) is 139 cm³/mol. The van der Waals surface area contributed by atoms with Gasteiger partial charge in [-0.3, -0.25) is 14.6 Å². The molecular weight excluding hydrogens is 512 g/mol. The Morgan fingerprint density at radius 1 is 1.08 bits per heavy atom. The maximum Gasteiger partial charge on any atom is 0.338 e. The summed E-state index contributed by atoms with van der Waals surface area (Å²) in [7, 11) is 2.81. The number of methoxy groups -OCH3 is 2. The number of aliphatic hydroxyl groups excluding tert-OH is 1. The van der Waals surface area contributed by atoms with Gasteiger partial charge in [0.25, 0.3) is 11.7 Å². The van der Waals surface area contributed by atoms with Crippen molar-refractivity contribution in [2.75, 3.05) is 20.8 Å². The van der Waals surface area contributed by atoms with Gasteiger partial charge >= 0.3 is 5.97 Å². The minimum absolute atomic E-state index is 0.0328. The maximum absolute atomic E-state index is 13.4. The quantitative estimate of drug-likeness (QED) is 0.193. The van der Waals surface area contributed by atoms with Crippen LogP contribution in [0.2, 0.25) is 5.02 Å². The fourth-order valence-corrected chi connectivity index (χ4v) is 4.51. The normalized spacial score (nSPS) is 16.4. The standard InChI is InChI=1S/C28H25ClN2O7/c1-4-38-28(35)17-9-7-16(8-10-17)15-31-24(18-6-5-11-30-14-18)23(26(33)27(31)34)25(32)19-12-22(37-3)20(29)13-21(19)36-2/h5-14,24,32H,4,15H2,1-3H3/b25-23+. The van der Waals surface area contributed by atoms with E-state index in [4.69, 9.17) is 25.8 Å². The second-order valence-electron chi connectivity index (χ2n) is 8.32. The first kappa shape index (κ1) is 26.7. The van der Waals surface area contributed by atoms with E-state index in [0.29, 0.717) is 16.7 Å². The summed E-state index contributed by atoms with van der Waals surface area (Å²) >= 11 is 6.21. The molecule has 0 aliphatic carbocycles. The Bertz CT molecular complexity index is 1400. The van der Waals surface area contributed by atoms with E-state index in [1.165, 1.54) is 37.4 Å². The van der Waals surface area contributed by atoms with Crippen LogP contribution >= 0.6 is 11.6 Å². The predicted octanol–water partition coefficient (Wildman–Crippen LogP) is 4.55. The molecule has 1 aromatic heterocycles. The van der Waals surface area contributed by atoms with Gasteiger partial charge < -0.3 is 24.2 Å². The third-order valence-corrected chi connectivity index (χ3v) is 6.38. The molecule has 1 aliphatic heterocycles. The third-order valence-electron chi connectivity index (χ3n) is 6.09. The van der Waals surface area contributed by atoms with Gasteiger partial charge in [-0.1, -0.05) is 29.8 Å².